The van der Waals surface area contributed by atoms with Gasteiger partial charge < -0.3 is 19.4 Å². The molecule has 3 heterocycles. The van der Waals surface area contributed by atoms with Gasteiger partial charge >= 0.3 is 0 Å². The zero-order valence-electron chi connectivity index (χ0n) is 20.3. The first-order valence-electron chi connectivity index (χ1n) is 12.1. The molecule has 35 heavy (non-hydrogen) atoms. The third kappa shape index (κ3) is 4.36. The van der Waals surface area contributed by atoms with Crippen LogP contribution in [0.1, 0.15) is 66.0 Å². The van der Waals surface area contributed by atoms with Crippen molar-refractivity contribution in [1.82, 2.24) is 9.88 Å². The number of hydrogen-bond acceptors (Lipinski definition) is 4. The first-order valence-corrected chi connectivity index (χ1v) is 12.1. The molecule has 0 aliphatic carbocycles. The fraction of sp³-hybridized carbons (Fsp3) is 0.310. The number of hydrogen-bond donors (Lipinski definition) is 2. The number of fused-ring (bicyclic) bond motifs is 3. The van der Waals surface area contributed by atoms with Gasteiger partial charge in [-0.15, -0.1) is 0 Å². The molecule has 1 amide bonds. The zero-order valence-corrected chi connectivity index (χ0v) is 20.3. The lowest BCUT2D eigenvalue weighted by molar-refractivity contribution is -0.132. The molecule has 180 valence electrons. The number of aromatic amines is 1. The normalized spacial score (nSPS) is 14.3. The van der Waals surface area contributed by atoms with Crippen molar-refractivity contribution in [2.75, 3.05) is 6.54 Å². The molecular formula is C29H30N2O4. The minimum atomic E-state index is -0.569. The summed E-state index contributed by atoms with van der Waals surface area (Å²) in [7, 11) is 0. The van der Waals surface area contributed by atoms with Crippen LogP contribution in [0.5, 0.6) is 5.75 Å². The highest BCUT2D eigenvalue weighted by Gasteiger charge is 2.30. The number of para-hydroxylation sites is 1. The van der Waals surface area contributed by atoms with Crippen molar-refractivity contribution >= 4 is 16.8 Å². The van der Waals surface area contributed by atoms with Gasteiger partial charge in [0.05, 0.1) is 12.5 Å². The average molecular weight is 471 g/mol. The van der Waals surface area contributed by atoms with Crippen molar-refractivity contribution in [3.05, 3.63) is 98.7 Å². The Hall–Kier alpha value is -3.80. The van der Waals surface area contributed by atoms with E-state index in [0.29, 0.717) is 24.8 Å². The number of aromatic nitrogens is 1. The van der Waals surface area contributed by atoms with Gasteiger partial charge in [0.1, 0.15) is 5.76 Å². The predicted octanol–water partition coefficient (Wildman–Crippen LogP) is 5.37. The molecule has 1 aliphatic heterocycles. The molecule has 5 rings (SSSR count). The maximum absolute atomic E-state index is 13.5. The van der Waals surface area contributed by atoms with Gasteiger partial charge in [-0.2, -0.15) is 0 Å². The second-order valence-corrected chi connectivity index (χ2v) is 9.71. The van der Waals surface area contributed by atoms with Crippen LogP contribution in [0.2, 0.25) is 0 Å². The number of H-pyrrole nitrogens is 1. The van der Waals surface area contributed by atoms with E-state index in [1.807, 2.05) is 41.3 Å². The van der Waals surface area contributed by atoms with Gasteiger partial charge in [0.25, 0.3) is 0 Å². The number of aryl methyl sites for hydroxylation is 1. The van der Waals surface area contributed by atoms with Gasteiger partial charge in [0.15, 0.2) is 5.76 Å². The van der Waals surface area contributed by atoms with Crippen molar-refractivity contribution in [2.45, 2.75) is 52.0 Å². The number of amides is 1. The highest BCUT2D eigenvalue weighted by Crippen LogP contribution is 2.35. The molecule has 2 aromatic carbocycles. The Morgan fingerprint density at radius 1 is 1.11 bits per heavy atom. The number of nitrogens with zero attached hydrogens (tertiary/aromatic N) is 1. The van der Waals surface area contributed by atoms with Crippen LogP contribution in [0.3, 0.4) is 0 Å². The summed E-state index contributed by atoms with van der Waals surface area (Å²) in [5, 5.41) is 11.8. The Balaban J connectivity index is 1.46. The van der Waals surface area contributed by atoms with Crippen LogP contribution in [-0.4, -0.2) is 27.4 Å². The molecule has 0 saturated heterocycles. The number of rotatable bonds is 5. The van der Waals surface area contributed by atoms with E-state index in [0.717, 1.165) is 23.2 Å². The minimum absolute atomic E-state index is 0.0456. The minimum Gasteiger partial charge on any atom is -0.502 e. The van der Waals surface area contributed by atoms with Crippen molar-refractivity contribution in [3.63, 3.8) is 0 Å². The van der Waals surface area contributed by atoms with E-state index in [4.69, 9.17) is 4.42 Å². The van der Waals surface area contributed by atoms with Gasteiger partial charge in [-0.25, -0.2) is 0 Å². The Labute approximate surface area is 204 Å². The lowest BCUT2D eigenvalue weighted by Gasteiger charge is -2.29. The Bertz CT molecular complexity index is 1450. The molecule has 0 fully saturated rings. The third-order valence-corrected chi connectivity index (χ3v) is 7.01. The number of aromatic hydroxyl groups is 1. The zero-order chi connectivity index (χ0) is 24.7. The van der Waals surface area contributed by atoms with E-state index in [1.54, 1.807) is 6.92 Å². The van der Waals surface area contributed by atoms with Crippen LogP contribution in [0.15, 0.2) is 63.8 Å². The maximum atomic E-state index is 13.5. The Morgan fingerprint density at radius 3 is 2.57 bits per heavy atom. The molecule has 1 atom stereocenters. The first kappa shape index (κ1) is 23.0. The molecule has 0 spiro atoms. The summed E-state index contributed by atoms with van der Waals surface area (Å²) in [6, 6.07) is 17.4. The van der Waals surface area contributed by atoms with Crippen LogP contribution in [-0.2, 0) is 17.8 Å². The molecule has 6 nitrogen and oxygen atoms in total. The second-order valence-electron chi connectivity index (χ2n) is 9.71. The fourth-order valence-electron chi connectivity index (χ4n) is 5.05. The summed E-state index contributed by atoms with van der Waals surface area (Å²) < 4.78 is 5.84. The molecule has 0 radical (unpaired) electrons. The molecule has 2 N–H and O–H groups in total. The van der Waals surface area contributed by atoms with Gasteiger partial charge in [-0.1, -0.05) is 56.3 Å². The quantitative estimate of drug-likeness (QED) is 0.411. The van der Waals surface area contributed by atoms with Crippen molar-refractivity contribution in [1.29, 1.82) is 0 Å². The first-order chi connectivity index (χ1) is 16.8. The highest BCUT2D eigenvalue weighted by molar-refractivity contribution is 5.86. The Morgan fingerprint density at radius 2 is 1.83 bits per heavy atom. The molecule has 2 aromatic heterocycles. The summed E-state index contributed by atoms with van der Waals surface area (Å²) in [5.41, 5.74) is 4.93. The van der Waals surface area contributed by atoms with Crippen LogP contribution in [0.4, 0.5) is 0 Å². The Kier molecular flexibility index (Phi) is 5.97. The number of benzene rings is 2. The smallest absolute Gasteiger partial charge is 0.227 e. The molecule has 0 bridgehead atoms. The summed E-state index contributed by atoms with van der Waals surface area (Å²) in [6.07, 6.45) is 0.875. The van der Waals surface area contributed by atoms with E-state index in [1.165, 1.54) is 22.6 Å². The highest BCUT2D eigenvalue weighted by atomic mass is 16.4. The topological polar surface area (TPSA) is 86.5 Å². The van der Waals surface area contributed by atoms with Gasteiger partial charge in [-0.05, 0) is 42.0 Å². The molecule has 1 unspecified atom stereocenters. The summed E-state index contributed by atoms with van der Waals surface area (Å²) in [4.78, 5) is 31.2. The monoisotopic (exact) mass is 470 g/mol. The van der Waals surface area contributed by atoms with E-state index >= 15 is 0 Å². The molecule has 4 aromatic rings. The second kappa shape index (κ2) is 9.10. The summed E-state index contributed by atoms with van der Waals surface area (Å²) >= 11 is 0. The maximum Gasteiger partial charge on any atom is 0.227 e. The third-order valence-electron chi connectivity index (χ3n) is 7.01. The van der Waals surface area contributed by atoms with E-state index in [2.05, 4.69) is 31.0 Å². The summed E-state index contributed by atoms with van der Waals surface area (Å²) in [6.45, 7) is 7.04. The van der Waals surface area contributed by atoms with E-state index in [9.17, 15) is 14.7 Å². The molecule has 6 heteroatoms. The lowest BCUT2D eigenvalue weighted by atomic mass is 9.89. The van der Waals surface area contributed by atoms with Crippen LogP contribution >= 0.6 is 0 Å². The average Bonchev–Trinajstić information content (AvgIpc) is 3.22. The van der Waals surface area contributed by atoms with Crippen LogP contribution in [0.25, 0.3) is 10.9 Å². The lowest BCUT2D eigenvalue weighted by Crippen LogP contribution is -2.36. The predicted molar refractivity (Wildman–Crippen MR) is 136 cm³/mol. The molecular weight excluding hydrogens is 440 g/mol. The van der Waals surface area contributed by atoms with Crippen LogP contribution < -0.4 is 5.43 Å². The van der Waals surface area contributed by atoms with Gasteiger partial charge in [-0.3, -0.25) is 9.59 Å². The number of carbonyl (C=O) groups is 1. The number of nitrogens with one attached hydrogen (secondary N) is 1. The van der Waals surface area contributed by atoms with Gasteiger partial charge in [0.2, 0.25) is 17.1 Å². The van der Waals surface area contributed by atoms with Gasteiger partial charge in [0, 0.05) is 35.6 Å². The standard InChI is InChI=1S/C29H30N2O4/c1-17(2)19-8-10-20(11-9-19)23(29-28(34)26(32)14-18(3)35-29)15-27(33)31-13-12-22-21-6-4-5-7-24(21)30-25(22)16-31/h4-11,14,17,23,30,34H,12-13,15-16H2,1-3H3. The van der Waals surface area contributed by atoms with Crippen molar-refractivity contribution in [3.8, 4) is 5.75 Å². The van der Waals surface area contributed by atoms with E-state index in [-0.39, 0.29) is 18.1 Å². The number of carbonyl (C=O) groups excluding carboxylic acids is 1. The van der Waals surface area contributed by atoms with Crippen LogP contribution in [0, 0.1) is 6.92 Å². The summed E-state index contributed by atoms with van der Waals surface area (Å²) in [5.74, 6) is -0.133. The van der Waals surface area contributed by atoms with Crippen molar-refractivity contribution < 1.29 is 14.3 Å². The SMILES string of the molecule is Cc1cc(=O)c(O)c(C(CC(=O)N2CCc3c([nH]c4ccccc34)C2)c2ccc(C(C)C)cc2)o1. The molecule has 0 saturated carbocycles. The largest absolute Gasteiger partial charge is 0.502 e. The van der Waals surface area contributed by atoms with E-state index < -0.39 is 17.1 Å². The fourth-order valence-corrected chi connectivity index (χ4v) is 5.05. The molecule has 1 aliphatic rings. The van der Waals surface area contributed by atoms with Crippen molar-refractivity contribution in [2.24, 2.45) is 0 Å².